The van der Waals surface area contributed by atoms with Crippen LogP contribution in [0.2, 0.25) is 0 Å². The van der Waals surface area contributed by atoms with E-state index in [1.165, 1.54) is 35.4 Å². The fourth-order valence-corrected chi connectivity index (χ4v) is 2.95. The molecule has 138 valence electrons. The van der Waals surface area contributed by atoms with E-state index in [0.29, 0.717) is 5.76 Å². The van der Waals surface area contributed by atoms with Gasteiger partial charge in [-0.2, -0.15) is 13.2 Å². The minimum absolute atomic E-state index is 0.0508. The number of nitrogens with zero attached hydrogens (tertiary/aromatic N) is 1. The minimum atomic E-state index is -4.63. The standard InChI is InChI=1S/C18H17F3N2O3/c19-18(20,21)16(12-5-2-1-3-6-12)22-17(25)13-9-15(24)23(10-13)11-14-7-4-8-26-14/h1-8,13,16H,9-11H2,(H,22,25)/t13-,16+/m0/s1. The normalized spacial score (nSPS) is 18.8. The molecular formula is C18H17F3N2O3. The number of hydrogen-bond donors (Lipinski definition) is 1. The highest BCUT2D eigenvalue weighted by Crippen LogP contribution is 2.33. The maximum absolute atomic E-state index is 13.4. The molecule has 3 rings (SSSR count). The molecule has 1 aliphatic heterocycles. The minimum Gasteiger partial charge on any atom is -0.467 e. The molecule has 2 heterocycles. The number of carbonyl (C=O) groups is 2. The third kappa shape index (κ3) is 4.07. The second-order valence-corrected chi connectivity index (χ2v) is 6.15. The summed E-state index contributed by atoms with van der Waals surface area (Å²) in [5.74, 6) is -1.35. The van der Waals surface area contributed by atoms with Gasteiger partial charge in [0.25, 0.3) is 0 Å². The van der Waals surface area contributed by atoms with Crippen LogP contribution in [-0.2, 0) is 16.1 Å². The van der Waals surface area contributed by atoms with Crippen molar-refractivity contribution in [3.05, 3.63) is 60.1 Å². The maximum atomic E-state index is 13.4. The number of carbonyl (C=O) groups excluding carboxylic acids is 2. The molecule has 0 unspecified atom stereocenters. The molecule has 0 spiro atoms. The lowest BCUT2D eigenvalue weighted by Gasteiger charge is -2.23. The highest BCUT2D eigenvalue weighted by Gasteiger charge is 2.44. The van der Waals surface area contributed by atoms with Gasteiger partial charge in [-0.1, -0.05) is 30.3 Å². The van der Waals surface area contributed by atoms with Crippen molar-refractivity contribution in [1.82, 2.24) is 10.2 Å². The molecule has 1 aromatic carbocycles. The van der Waals surface area contributed by atoms with Gasteiger partial charge in [0.1, 0.15) is 5.76 Å². The van der Waals surface area contributed by atoms with Crippen molar-refractivity contribution in [2.75, 3.05) is 6.54 Å². The number of alkyl halides is 3. The van der Waals surface area contributed by atoms with Gasteiger partial charge in [-0.05, 0) is 17.7 Å². The largest absolute Gasteiger partial charge is 0.467 e. The third-order valence-corrected chi connectivity index (χ3v) is 4.26. The lowest BCUT2D eigenvalue weighted by Crippen LogP contribution is -2.41. The van der Waals surface area contributed by atoms with Crippen molar-refractivity contribution in [2.24, 2.45) is 5.92 Å². The number of likely N-dealkylation sites (tertiary alicyclic amines) is 1. The molecule has 8 heteroatoms. The predicted molar refractivity (Wildman–Crippen MR) is 85.6 cm³/mol. The van der Waals surface area contributed by atoms with Gasteiger partial charge >= 0.3 is 6.18 Å². The summed E-state index contributed by atoms with van der Waals surface area (Å²) >= 11 is 0. The van der Waals surface area contributed by atoms with Crippen molar-refractivity contribution in [2.45, 2.75) is 25.2 Å². The van der Waals surface area contributed by atoms with E-state index in [0.717, 1.165) is 0 Å². The Hall–Kier alpha value is -2.77. The Morgan fingerprint density at radius 3 is 2.58 bits per heavy atom. The van der Waals surface area contributed by atoms with Gasteiger partial charge in [-0.25, -0.2) is 0 Å². The molecule has 26 heavy (non-hydrogen) atoms. The number of hydrogen-bond acceptors (Lipinski definition) is 3. The average molecular weight is 366 g/mol. The molecular weight excluding hydrogens is 349 g/mol. The van der Waals surface area contributed by atoms with Crippen LogP contribution in [0.15, 0.2) is 53.1 Å². The van der Waals surface area contributed by atoms with Gasteiger partial charge in [-0.15, -0.1) is 0 Å². The van der Waals surface area contributed by atoms with Crippen molar-refractivity contribution >= 4 is 11.8 Å². The first kappa shape index (κ1) is 18.0. The van der Waals surface area contributed by atoms with Gasteiger partial charge < -0.3 is 14.6 Å². The van der Waals surface area contributed by atoms with E-state index in [1.807, 2.05) is 5.32 Å². The summed E-state index contributed by atoms with van der Waals surface area (Å²) in [5, 5.41) is 2.05. The van der Waals surface area contributed by atoms with Crippen LogP contribution in [-0.4, -0.2) is 29.4 Å². The Kier molecular flexibility index (Phi) is 5.01. The highest BCUT2D eigenvalue weighted by atomic mass is 19.4. The Balaban J connectivity index is 1.67. The van der Waals surface area contributed by atoms with Crippen LogP contribution in [0.1, 0.15) is 23.8 Å². The molecule has 2 atom stereocenters. The van der Waals surface area contributed by atoms with Crippen molar-refractivity contribution in [1.29, 1.82) is 0 Å². The lowest BCUT2D eigenvalue weighted by molar-refractivity contribution is -0.164. The van der Waals surface area contributed by atoms with Crippen LogP contribution in [0.4, 0.5) is 13.2 Å². The zero-order valence-corrected chi connectivity index (χ0v) is 13.7. The third-order valence-electron chi connectivity index (χ3n) is 4.26. The molecule has 0 radical (unpaired) electrons. The van der Waals surface area contributed by atoms with Gasteiger partial charge in [-0.3, -0.25) is 9.59 Å². The number of benzene rings is 1. The molecule has 0 aliphatic carbocycles. The van der Waals surface area contributed by atoms with E-state index < -0.39 is 24.0 Å². The second kappa shape index (κ2) is 7.23. The van der Waals surface area contributed by atoms with Gasteiger partial charge in [0.2, 0.25) is 11.8 Å². The fraction of sp³-hybridized carbons (Fsp3) is 0.333. The topological polar surface area (TPSA) is 62.6 Å². The summed E-state index contributed by atoms with van der Waals surface area (Å²) in [4.78, 5) is 25.8. The molecule has 5 nitrogen and oxygen atoms in total. The first-order valence-corrected chi connectivity index (χ1v) is 8.07. The molecule has 1 N–H and O–H groups in total. The van der Waals surface area contributed by atoms with Crippen LogP contribution >= 0.6 is 0 Å². The summed E-state index contributed by atoms with van der Waals surface area (Å²) in [7, 11) is 0. The quantitative estimate of drug-likeness (QED) is 0.885. The van der Waals surface area contributed by atoms with E-state index in [2.05, 4.69) is 0 Å². The number of amides is 2. The SMILES string of the molecule is O=C(N[C@H](c1ccccc1)C(F)(F)F)[C@H]1CC(=O)N(Cc2ccco2)C1. The monoisotopic (exact) mass is 366 g/mol. The fourth-order valence-electron chi connectivity index (χ4n) is 2.95. The van der Waals surface area contributed by atoms with Crippen molar-refractivity contribution in [3.8, 4) is 0 Å². The molecule has 2 aromatic rings. The van der Waals surface area contributed by atoms with Crippen LogP contribution < -0.4 is 5.32 Å². The van der Waals surface area contributed by atoms with Crippen molar-refractivity contribution < 1.29 is 27.2 Å². The zero-order chi connectivity index (χ0) is 18.7. The Bertz CT molecular complexity index is 760. The molecule has 1 aliphatic rings. The Morgan fingerprint density at radius 1 is 1.23 bits per heavy atom. The van der Waals surface area contributed by atoms with E-state index in [1.54, 1.807) is 18.2 Å². The van der Waals surface area contributed by atoms with Crippen LogP contribution in [0.3, 0.4) is 0 Å². The number of nitrogens with one attached hydrogen (secondary N) is 1. The Labute approximate surface area is 147 Å². The van der Waals surface area contributed by atoms with E-state index in [4.69, 9.17) is 4.42 Å². The number of halogens is 3. The van der Waals surface area contributed by atoms with E-state index >= 15 is 0 Å². The van der Waals surface area contributed by atoms with Gasteiger partial charge in [0.05, 0.1) is 18.7 Å². The van der Waals surface area contributed by atoms with Gasteiger partial charge in [0, 0.05) is 13.0 Å². The smallest absolute Gasteiger partial charge is 0.412 e. The molecule has 2 amide bonds. The molecule has 0 bridgehead atoms. The second-order valence-electron chi connectivity index (χ2n) is 6.15. The van der Waals surface area contributed by atoms with Gasteiger partial charge in [0.15, 0.2) is 6.04 Å². The van der Waals surface area contributed by atoms with E-state index in [-0.39, 0.29) is 31.0 Å². The molecule has 1 saturated heterocycles. The summed E-state index contributed by atoms with van der Waals surface area (Å²) in [5.41, 5.74) is -0.0508. The number of furan rings is 1. The van der Waals surface area contributed by atoms with E-state index in [9.17, 15) is 22.8 Å². The lowest BCUT2D eigenvalue weighted by atomic mass is 10.0. The summed E-state index contributed by atoms with van der Waals surface area (Å²) in [6, 6.07) is 8.42. The van der Waals surface area contributed by atoms with Crippen molar-refractivity contribution in [3.63, 3.8) is 0 Å². The number of rotatable bonds is 5. The van der Waals surface area contributed by atoms with Crippen LogP contribution in [0, 0.1) is 5.92 Å². The molecule has 1 fully saturated rings. The molecule has 1 aromatic heterocycles. The van der Waals surface area contributed by atoms with Crippen LogP contribution in [0.25, 0.3) is 0 Å². The highest BCUT2D eigenvalue weighted by molar-refractivity contribution is 5.89. The maximum Gasteiger partial charge on any atom is 0.412 e. The average Bonchev–Trinajstić information content (AvgIpc) is 3.23. The predicted octanol–water partition coefficient (Wildman–Crippen LogP) is 3.05. The first-order chi connectivity index (χ1) is 12.3. The zero-order valence-electron chi connectivity index (χ0n) is 13.7. The Morgan fingerprint density at radius 2 is 1.96 bits per heavy atom. The first-order valence-electron chi connectivity index (χ1n) is 8.07. The summed E-state index contributed by atoms with van der Waals surface area (Å²) in [6.07, 6.45) is -3.28. The summed E-state index contributed by atoms with van der Waals surface area (Å²) in [6.45, 7) is 0.252. The summed E-state index contributed by atoms with van der Waals surface area (Å²) < 4.78 is 45.2. The van der Waals surface area contributed by atoms with Crippen LogP contribution in [0.5, 0.6) is 0 Å². The molecule has 0 saturated carbocycles.